The maximum Gasteiger partial charge on any atom is 0.328 e. The summed E-state index contributed by atoms with van der Waals surface area (Å²) in [5.41, 5.74) is 0. The molecule has 0 N–H and O–H groups in total. The van der Waals surface area contributed by atoms with Gasteiger partial charge in [-0.1, -0.05) is 23.7 Å². The number of carbonyl (C=O) groups excluding carboxylic acids is 2. The van der Waals surface area contributed by atoms with Gasteiger partial charge in [0.25, 0.3) is 5.91 Å². The highest BCUT2D eigenvalue weighted by Gasteiger charge is 2.34. The molecule has 0 saturated carbocycles. The van der Waals surface area contributed by atoms with Gasteiger partial charge in [0.2, 0.25) is 0 Å². The molecule has 0 aliphatic carbocycles. The van der Waals surface area contributed by atoms with Crippen LogP contribution in [0, 0.1) is 0 Å². The number of methoxy groups -OCH3 is 2. The van der Waals surface area contributed by atoms with Crippen LogP contribution in [0.3, 0.4) is 0 Å². The fraction of sp³-hybridized carbons (Fsp3) is 0.375. The maximum atomic E-state index is 12.2. The van der Waals surface area contributed by atoms with Gasteiger partial charge in [0, 0.05) is 26.2 Å². The topological polar surface area (TPSA) is 65.1 Å². The second kappa shape index (κ2) is 7.99. The average Bonchev–Trinajstić information content (AvgIpc) is 2.90. The van der Waals surface area contributed by atoms with E-state index in [4.69, 9.17) is 25.8 Å². The zero-order valence-corrected chi connectivity index (χ0v) is 13.7. The molecule has 1 atom stereocenters. The van der Waals surface area contributed by atoms with Crippen molar-refractivity contribution in [2.45, 2.75) is 12.5 Å². The Kier molecular flexibility index (Phi) is 6.01. The van der Waals surface area contributed by atoms with Crippen molar-refractivity contribution < 1.29 is 23.8 Å². The van der Waals surface area contributed by atoms with Crippen LogP contribution in [0.4, 0.5) is 0 Å². The van der Waals surface area contributed by atoms with E-state index in [9.17, 15) is 9.59 Å². The van der Waals surface area contributed by atoms with Gasteiger partial charge in [0.1, 0.15) is 17.6 Å². The summed E-state index contributed by atoms with van der Waals surface area (Å²) in [6, 6.07) is 6.26. The number of carbonyl (C=O) groups is 2. The van der Waals surface area contributed by atoms with Crippen LogP contribution in [0.2, 0.25) is 5.02 Å². The van der Waals surface area contributed by atoms with E-state index in [1.165, 1.54) is 25.2 Å². The summed E-state index contributed by atoms with van der Waals surface area (Å²) < 4.78 is 15.4. The summed E-state index contributed by atoms with van der Waals surface area (Å²) in [6.45, 7) is 0.512. The number of amides is 1. The third-order valence-corrected chi connectivity index (χ3v) is 3.73. The van der Waals surface area contributed by atoms with Gasteiger partial charge in [-0.05, 0) is 12.1 Å². The van der Waals surface area contributed by atoms with Crippen molar-refractivity contribution in [3.8, 4) is 5.75 Å². The van der Waals surface area contributed by atoms with E-state index in [0.717, 1.165) is 0 Å². The van der Waals surface area contributed by atoms with Crippen molar-refractivity contribution in [3.63, 3.8) is 0 Å². The third kappa shape index (κ3) is 4.24. The second-order valence-corrected chi connectivity index (χ2v) is 5.34. The molecule has 0 radical (unpaired) electrons. The average molecular weight is 340 g/mol. The van der Waals surface area contributed by atoms with Crippen molar-refractivity contribution in [1.29, 1.82) is 0 Å². The Labute approximate surface area is 139 Å². The van der Waals surface area contributed by atoms with E-state index in [1.807, 2.05) is 0 Å². The maximum absolute atomic E-state index is 12.2. The lowest BCUT2D eigenvalue weighted by molar-refractivity contribution is -0.151. The van der Waals surface area contributed by atoms with Crippen LogP contribution < -0.4 is 4.74 Å². The van der Waals surface area contributed by atoms with Crippen LogP contribution in [-0.2, 0) is 19.1 Å². The number of para-hydroxylation sites is 1. The van der Waals surface area contributed by atoms with Crippen molar-refractivity contribution in [2.24, 2.45) is 0 Å². The van der Waals surface area contributed by atoms with E-state index in [-0.39, 0.29) is 12.5 Å². The third-order valence-electron chi connectivity index (χ3n) is 3.42. The zero-order chi connectivity index (χ0) is 16.8. The molecule has 0 bridgehead atoms. The van der Waals surface area contributed by atoms with E-state index >= 15 is 0 Å². The van der Waals surface area contributed by atoms with Gasteiger partial charge in [0.05, 0.1) is 18.7 Å². The number of ether oxygens (including phenoxy) is 3. The van der Waals surface area contributed by atoms with Gasteiger partial charge >= 0.3 is 5.97 Å². The lowest BCUT2D eigenvalue weighted by atomic mass is 10.2. The molecular formula is C16H18ClNO5. The van der Waals surface area contributed by atoms with Gasteiger partial charge in [-0.15, -0.1) is 0 Å². The van der Waals surface area contributed by atoms with Crippen LogP contribution in [-0.4, -0.2) is 50.2 Å². The van der Waals surface area contributed by atoms with E-state index < -0.39 is 12.0 Å². The first-order valence-corrected chi connectivity index (χ1v) is 7.45. The predicted molar refractivity (Wildman–Crippen MR) is 84.2 cm³/mol. The minimum atomic E-state index is -0.712. The SMILES string of the molecule is COCCC(C(=O)OC)N1CC(Oc2ccccc2Cl)=CC1=O. The monoisotopic (exact) mass is 339 g/mol. The van der Waals surface area contributed by atoms with Crippen molar-refractivity contribution in [3.05, 3.63) is 41.1 Å². The number of rotatable bonds is 7. The number of benzene rings is 1. The Morgan fingerprint density at radius 2 is 2.09 bits per heavy atom. The standard InChI is InChI=1S/C16H18ClNO5/c1-21-8-7-13(16(20)22-2)18-10-11(9-15(18)19)23-14-6-4-3-5-12(14)17/h3-6,9,13H,7-8,10H2,1-2H3. The lowest BCUT2D eigenvalue weighted by Crippen LogP contribution is -2.44. The van der Waals surface area contributed by atoms with E-state index in [1.54, 1.807) is 24.3 Å². The number of nitrogens with zero attached hydrogens (tertiary/aromatic N) is 1. The van der Waals surface area contributed by atoms with Gasteiger partial charge in [0.15, 0.2) is 0 Å². The van der Waals surface area contributed by atoms with Crippen molar-refractivity contribution >= 4 is 23.5 Å². The van der Waals surface area contributed by atoms with Crippen LogP contribution in [0.25, 0.3) is 0 Å². The molecule has 23 heavy (non-hydrogen) atoms. The van der Waals surface area contributed by atoms with Crippen molar-refractivity contribution in [2.75, 3.05) is 27.4 Å². The normalized spacial score (nSPS) is 15.3. The van der Waals surface area contributed by atoms with Crippen LogP contribution in [0.15, 0.2) is 36.1 Å². The molecule has 1 unspecified atom stereocenters. The molecule has 124 valence electrons. The first-order valence-electron chi connectivity index (χ1n) is 7.07. The molecule has 6 nitrogen and oxygen atoms in total. The van der Waals surface area contributed by atoms with Crippen molar-refractivity contribution in [1.82, 2.24) is 4.90 Å². The predicted octanol–water partition coefficient (Wildman–Crippen LogP) is 2.02. The molecule has 0 aromatic heterocycles. The number of esters is 1. The minimum Gasteiger partial charge on any atom is -0.467 e. The highest BCUT2D eigenvalue weighted by molar-refractivity contribution is 6.32. The smallest absolute Gasteiger partial charge is 0.328 e. The Morgan fingerprint density at radius 1 is 1.35 bits per heavy atom. The number of hydrogen-bond donors (Lipinski definition) is 0. The van der Waals surface area contributed by atoms with E-state index in [2.05, 4.69) is 0 Å². The summed E-state index contributed by atoms with van der Waals surface area (Å²) in [5.74, 6) is 0.0948. The molecule has 1 heterocycles. The van der Waals surface area contributed by atoms with Crippen LogP contribution in [0.1, 0.15) is 6.42 Å². The van der Waals surface area contributed by atoms with Gasteiger partial charge in [-0.3, -0.25) is 4.79 Å². The zero-order valence-electron chi connectivity index (χ0n) is 13.0. The Bertz CT molecular complexity index is 616. The molecule has 7 heteroatoms. The fourth-order valence-corrected chi connectivity index (χ4v) is 2.45. The number of halogens is 1. The minimum absolute atomic E-state index is 0.174. The summed E-state index contributed by atoms with van der Waals surface area (Å²) >= 11 is 6.04. The number of hydrogen-bond acceptors (Lipinski definition) is 5. The molecule has 1 aliphatic rings. The molecule has 2 rings (SSSR count). The fourth-order valence-electron chi connectivity index (χ4n) is 2.27. The van der Waals surface area contributed by atoms with Gasteiger partial charge < -0.3 is 19.1 Å². The first kappa shape index (κ1) is 17.3. The molecule has 1 aliphatic heterocycles. The molecule has 1 aromatic rings. The quantitative estimate of drug-likeness (QED) is 0.711. The Hall–Kier alpha value is -2.05. The Balaban J connectivity index is 2.08. The molecule has 1 amide bonds. The Morgan fingerprint density at radius 3 is 2.74 bits per heavy atom. The summed E-state index contributed by atoms with van der Waals surface area (Å²) in [6.07, 6.45) is 1.70. The van der Waals surface area contributed by atoms with Gasteiger partial charge in [-0.25, -0.2) is 4.79 Å². The molecular weight excluding hydrogens is 322 g/mol. The molecule has 1 aromatic carbocycles. The second-order valence-electron chi connectivity index (χ2n) is 4.93. The largest absolute Gasteiger partial charge is 0.467 e. The molecule has 0 spiro atoms. The van der Waals surface area contributed by atoms with E-state index in [0.29, 0.717) is 29.6 Å². The summed E-state index contributed by atoms with van der Waals surface area (Å²) in [5, 5.41) is 0.447. The van der Waals surface area contributed by atoms with Crippen LogP contribution >= 0.6 is 11.6 Å². The summed E-state index contributed by atoms with van der Waals surface area (Å²) in [4.78, 5) is 25.5. The molecule has 0 fully saturated rings. The first-order chi connectivity index (χ1) is 11.1. The molecule has 0 saturated heterocycles. The lowest BCUT2D eigenvalue weighted by Gasteiger charge is -2.25. The van der Waals surface area contributed by atoms with Crippen LogP contribution in [0.5, 0.6) is 5.75 Å². The van der Waals surface area contributed by atoms with Gasteiger partial charge in [-0.2, -0.15) is 0 Å². The summed E-state index contributed by atoms with van der Waals surface area (Å²) in [7, 11) is 2.82. The highest BCUT2D eigenvalue weighted by Crippen LogP contribution is 2.27. The highest BCUT2D eigenvalue weighted by atomic mass is 35.5.